The first-order valence-electron chi connectivity index (χ1n) is 7.30. The molecule has 7 heteroatoms. The van der Waals surface area contributed by atoms with E-state index in [1.807, 2.05) is 39.0 Å². The van der Waals surface area contributed by atoms with Crippen LogP contribution in [0.2, 0.25) is 0 Å². The standard InChI is InChI=1S/C12H22N3O3P.C3H6/c1-3-14(4-2)19(13,17)15(10-11-16)18-12-8-6-5-7-9-12;1-3-2/h5-9,16H,3-4,10-11H2,1-2H3,(H2,13,17);3H,1H2,2H3. The molecular weight excluding hydrogens is 301 g/mol. The first-order chi connectivity index (χ1) is 10.5. The predicted octanol–water partition coefficient (Wildman–Crippen LogP) is 2.88. The maximum atomic E-state index is 12.7. The summed E-state index contributed by atoms with van der Waals surface area (Å²) in [6.07, 6.45) is 1.75. The molecular formula is C15H28N3O3P. The minimum Gasteiger partial charge on any atom is -0.397 e. The van der Waals surface area contributed by atoms with Crippen LogP contribution >= 0.6 is 7.59 Å². The zero-order valence-electron chi connectivity index (χ0n) is 13.7. The Bertz CT molecular complexity index is 453. The summed E-state index contributed by atoms with van der Waals surface area (Å²) < 4.78 is 14.3. The lowest BCUT2D eigenvalue weighted by molar-refractivity contribution is 0.0104. The maximum Gasteiger partial charge on any atom is 0.313 e. The SMILES string of the molecule is C=CC.CCN(CC)P(N)(=O)N(CCO)Oc1ccccc1. The van der Waals surface area contributed by atoms with E-state index in [2.05, 4.69) is 6.58 Å². The van der Waals surface area contributed by atoms with E-state index in [-0.39, 0.29) is 13.2 Å². The summed E-state index contributed by atoms with van der Waals surface area (Å²) in [5.74, 6) is 0.536. The molecule has 1 atom stereocenters. The van der Waals surface area contributed by atoms with E-state index in [1.54, 1.807) is 22.9 Å². The third kappa shape index (κ3) is 6.73. The number of nitrogens with zero attached hydrogens (tertiary/aromatic N) is 2. The Balaban J connectivity index is 0.00000135. The Morgan fingerprint density at radius 1 is 1.32 bits per heavy atom. The van der Waals surface area contributed by atoms with Gasteiger partial charge in [-0.3, -0.25) is 10.1 Å². The molecule has 22 heavy (non-hydrogen) atoms. The molecule has 0 heterocycles. The molecule has 0 spiro atoms. The molecule has 6 nitrogen and oxygen atoms in total. The lowest BCUT2D eigenvalue weighted by Crippen LogP contribution is -2.39. The third-order valence-corrected chi connectivity index (χ3v) is 5.00. The van der Waals surface area contributed by atoms with Gasteiger partial charge in [-0.15, -0.1) is 6.58 Å². The van der Waals surface area contributed by atoms with Gasteiger partial charge in [0.2, 0.25) is 0 Å². The van der Waals surface area contributed by atoms with Crippen LogP contribution in [0.25, 0.3) is 0 Å². The molecule has 0 radical (unpaired) electrons. The molecule has 0 fully saturated rings. The molecule has 1 rings (SSSR count). The molecule has 0 aromatic heterocycles. The summed E-state index contributed by atoms with van der Waals surface area (Å²) in [5.41, 5.74) is 5.93. The van der Waals surface area contributed by atoms with Gasteiger partial charge >= 0.3 is 7.59 Å². The van der Waals surface area contributed by atoms with E-state index in [4.69, 9.17) is 15.4 Å². The number of nitrogens with two attached hydrogens (primary N) is 1. The summed E-state index contributed by atoms with van der Waals surface area (Å²) in [4.78, 5) is 6.72. The normalized spacial score (nSPS) is 13.2. The summed E-state index contributed by atoms with van der Waals surface area (Å²) in [7, 11) is -3.31. The van der Waals surface area contributed by atoms with Crippen molar-refractivity contribution in [3.8, 4) is 5.75 Å². The highest BCUT2D eigenvalue weighted by molar-refractivity contribution is 7.56. The lowest BCUT2D eigenvalue weighted by atomic mass is 10.3. The van der Waals surface area contributed by atoms with Gasteiger partial charge in [-0.1, -0.05) is 43.0 Å². The van der Waals surface area contributed by atoms with Crippen molar-refractivity contribution in [1.29, 1.82) is 0 Å². The zero-order valence-corrected chi connectivity index (χ0v) is 14.6. The molecule has 0 bridgehead atoms. The third-order valence-electron chi connectivity index (χ3n) is 2.70. The minimum absolute atomic E-state index is 0.0825. The van der Waals surface area contributed by atoms with Crippen LogP contribution in [-0.4, -0.2) is 40.9 Å². The van der Waals surface area contributed by atoms with Gasteiger partial charge in [-0.2, -0.15) is 0 Å². The molecule has 1 unspecified atom stereocenters. The fourth-order valence-corrected chi connectivity index (χ4v) is 3.39. The summed E-state index contributed by atoms with van der Waals surface area (Å²) >= 11 is 0. The van der Waals surface area contributed by atoms with Gasteiger partial charge in [0.05, 0.1) is 13.2 Å². The van der Waals surface area contributed by atoms with Crippen LogP contribution in [0.5, 0.6) is 5.75 Å². The van der Waals surface area contributed by atoms with Crippen molar-refractivity contribution in [3.63, 3.8) is 0 Å². The van der Waals surface area contributed by atoms with Crippen LogP contribution in [0.4, 0.5) is 0 Å². The summed E-state index contributed by atoms with van der Waals surface area (Å²) in [6, 6.07) is 8.96. The predicted molar refractivity (Wildman–Crippen MR) is 91.4 cm³/mol. The Hall–Kier alpha value is -1.17. The number of hydrogen-bond acceptors (Lipinski definition) is 3. The van der Waals surface area contributed by atoms with Crippen LogP contribution < -0.4 is 10.3 Å². The molecule has 0 aliphatic heterocycles. The second kappa shape index (κ2) is 11.4. The molecule has 0 amide bonds. The molecule has 0 aliphatic rings. The highest BCUT2D eigenvalue weighted by Gasteiger charge is 2.33. The number of hydrogen-bond donors (Lipinski definition) is 2. The second-order valence-corrected chi connectivity index (χ2v) is 6.53. The monoisotopic (exact) mass is 329 g/mol. The van der Waals surface area contributed by atoms with Gasteiger partial charge in [-0.05, 0) is 19.1 Å². The quantitative estimate of drug-likeness (QED) is 0.434. The van der Waals surface area contributed by atoms with Crippen LogP contribution in [0.15, 0.2) is 43.0 Å². The number of aliphatic hydroxyl groups is 1. The van der Waals surface area contributed by atoms with Crippen molar-refractivity contribution >= 4 is 7.59 Å². The first-order valence-corrected chi connectivity index (χ1v) is 8.98. The number of rotatable bonds is 8. The van der Waals surface area contributed by atoms with Crippen molar-refractivity contribution in [1.82, 2.24) is 9.50 Å². The molecule has 0 saturated carbocycles. The fraction of sp³-hybridized carbons (Fsp3) is 0.467. The molecule has 0 saturated heterocycles. The molecule has 3 N–H and O–H groups in total. The van der Waals surface area contributed by atoms with E-state index in [0.29, 0.717) is 18.8 Å². The zero-order chi connectivity index (χ0) is 17.0. The number of para-hydroxylation sites is 1. The Labute approximate surface area is 133 Å². The summed E-state index contributed by atoms with van der Waals surface area (Å²) in [5, 5.41) is 9.09. The number of aliphatic hydroxyl groups excluding tert-OH is 1. The van der Waals surface area contributed by atoms with Crippen LogP contribution in [0.1, 0.15) is 20.8 Å². The van der Waals surface area contributed by atoms with Crippen molar-refractivity contribution in [2.45, 2.75) is 20.8 Å². The molecule has 126 valence electrons. The lowest BCUT2D eigenvalue weighted by Gasteiger charge is -2.34. The number of allylic oxidation sites excluding steroid dienone is 1. The van der Waals surface area contributed by atoms with Gasteiger partial charge in [0.25, 0.3) is 0 Å². The number of hydroxylamine groups is 1. The maximum absolute atomic E-state index is 12.7. The Morgan fingerprint density at radius 3 is 2.23 bits per heavy atom. The van der Waals surface area contributed by atoms with Gasteiger partial charge < -0.3 is 9.94 Å². The van der Waals surface area contributed by atoms with E-state index >= 15 is 0 Å². The van der Waals surface area contributed by atoms with E-state index in [9.17, 15) is 4.57 Å². The van der Waals surface area contributed by atoms with E-state index in [0.717, 1.165) is 0 Å². The fourth-order valence-electron chi connectivity index (χ4n) is 1.71. The highest BCUT2D eigenvalue weighted by atomic mass is 31.2. The second-order valence-electron chi connectivity index (χ2n) is 4.34. The van der Waals surface area contributed by atoms with Crippen LogP contribution in [0, 0.1) is 0 Å². The topological polar surface area (TPSA) is 79.0 Å². The van der Waals surface area contributed by atoms with Gasteiger partial charge in [0.15, 0.2) is 0 Å². The average molecular weight is 329 g/mol. The van der Waals surface area contributed by atoms with Crippen LogP contribution in [0.3, 0.4) is 0 Å². The van der Waals surface area contributed by atoms with Crippen molar-refractivity contribution in [3.05, 3.63) is 43.0 Å². The minimum atomic E-state index is -3.31. The Morgan fingerprint density at radius 2 is 1.82 bits per heavy atom. The largest absolute Gasteiger partial charge is 0.397 e. The molecule has 1 aromatic rings. The molecule has 1 aromatic carbocycles. The first kappa shape index (κ1) is 20.8. The van der Waals surface area contributed by atoms with Crippen molar-refractivity contribution in [2.75, 3.05) is 26.2 Å². The average Bonchev–Trinajstić information content (AvgIpc) is 2.49. The molecule has 0 aliphatic carbocycles. The smallest absolute Gasteiger partial charge is 0.313 e. The van der Waals surface area contributed by atoms with E-state index < -0.39 is 7.59 Å². The van der Waals surface area contributed by atoms with E-state index in [1.165, 1.54) is 4.83 Å². The summed E-state index contributed by atoms with van der Waals surface area (Å²) in [6.45, 7) is 9.99. The van der Waals surface area contributed by atoms with Crippen molar-refractivity contribution in [2.24, 2.45) is 5.50 Å². The Kier molecular flexibility index (Phi) is 10.8. The van der Waals surface area contributed by atoms with Crippen molar-refractivity contribution < 1.29 is 14.5 Å². The highest BCUT2D eigenvalue weighted by Crippen LogP contribution is 2.45. The van der Waals surface area contributed by atoms with Gasteiger partial charge in [0.1, 0.15) is 5.75 Å². The van der Waals surface area contributed by atoms with Gasteiger partial charge in [0, 0.05) is 13.1 Å². The number of benzene rings is 1. The van der Waals surface area contributed by atoms with Gasteiger partial charge in [-0.25, -0.2) is 4.67 Å². The van der Waals surface area contributed by atoms with Crippen LogP contribution in [-0.2, 0) is 4.57 Å².